The van der Waals surface area contributed by atoms with Crippen LogP contribution in [-0.2, 0) is 23.2 Å². The number of phenols is 2. The van der Waals surface area contributed by atoms with Gasteiger partial charge in [-0.1, -0.05) is 12.1 Å². The van der Waals surface area contributed by atoms with Crippen molar-refractivity contribution in [3.63, 3.8) is 0 Å². The molecule has 1 aliphatic heterocycles. The number of aliphatic carboxylic acids is 1. The number of hydrogen-bond donors (Lipinski definition) is 3. The fourth-order valence-electron chi connectivity index (χ4n) is 3.35. The number of hydrogen-bond acceptors (Lipinski definition) is 5. The summed E-state index contributed by atoms with van der Waals surface area (Å²) >= 11 is 0. The number of carbonyl (C=O) groups is 1. The van der Waals surface area contributed by atoms with Crippen LogP contribution in [0.4, 0.5) is 0 Å². The number of methoxy groups -OCH3 is 1. The number of rotatable bonds is 4. The summed E-state index contributed by atoms with van der Waals surface area (Å²) in [6.45, 7) is 0.574. The minimum absolute atomic E-state index is 0.00460. The molecule has 0 amide bonds. The van der Waals surface area contributed by atoms with Gasteiger partial charge in [-0.3, -0.25) is 0 Å². The summed E-state index contributed by atoms with van der Waals surface area (Å²) in [6, 6.07) is 9.59. The van der Waals surface area contributed by atoms with Crippen molar-refractivity contribution in [2.45, 2.75) is 18.4 Å². The van der Waals surface area contributed by atoms with E-state index in [4.69, 9.17) is 4.74 Å². The first-order valence-electron chi connectivity index (χ1n) is 7.70. The summed E-state index contributed by atoms with van der Waals surface area (Å²) in [7, 11) is 1.43. The fraction of sp³-hybridized carbons (Fsp3) is 0.278. The first-order valence-corrected chi connectivity index (χ1v) is 7.70. The minimum Gasteiger partial charge on any atom is -0.543 e. The number of carboxylic acid groups (broad SMARTS) is 1. The Kier molecular flexibility index (Phi) is 4.07. The Bertz CT molecular complexity index is 772. The van der Waals surface area contributed by atoms with Crippen LogP contribution in [-0.4, -0.2) is 29.8 Å². The van der Waals surface area contributed by atoms with Gasteiger partial charge in [0.1, 0.15) is 11.7 Å². The van der Waals surface area contributed by atoms with Gasteiger partial charge >= 0.3 is 0 Å². The highest BCUT2D eigenvalue weighted by molar-refractivity contribution is 5.79. The lowest BCUT2D eigenvalue weighted by atomic mass is 9.78. The van der Waals surface area contributed by atoms with Crippen molar-refractivity contribution in [1.82, 2.24) is 0 Å². The molecule has 0 spiro atoms. The van der Waals surface area contributed by atoms with E-state index in [0.717, 1.165) is 11.1 Å². The maximum absolute atomic E-state index is 12.1. The number of fused-ring (bicyclic) bond motifs is 1. The van der Waals surface area contributed by atoms with Crippen LogP contribution in [0.1, 0.15) is 16.7 Å². The van der Waals surface area contributed by atoms with E-state index in [9.17, 15) is 20.1 Å². The van der Waals surface area contributed by atoms with Crippen molar-refractivity contribution in [2.75, 3.05) is 13.7 Å². The second kappa shape index (κ2) is 6.05. The maximum atomic E-state index is 12.1. The lowest BCUT2D eigenvalue weighted by Gasteiger charge is -2.38. The highest BCUT2D eigenvalue weighted by Gasteiger charge is 2.43. The molecule has 0 saturated heterocycles. The third-order valence-electron chi connectivity index (χ3n) is 4.58. The van der Waals surface area contributed by atoms with Gasteiger partial charge in [-0.25, -0.2) is 0 Å². The van der Waals surface area contributed by atoms with E-state index >= 15 is 0 Å². The first kappa shape index (κ1) is 16.1. The van der Waals surface area contributed by atoms with Crippen LogP contribution in [0.2, 0.25) is 0 Å². The van der Waals surface area contributed by atoms with E-state index in [0.29, 0.717) is 18.5 Å². The van der Waals surface area contributed by atoms with Crippen LogP contribution in [0.25, 0.3) is 0 Å². The molecule has 24 heavy (non-hydrogen) atoms. The number of carboxylic acids is 1. The Balaban J connectivity index is 2.12. The van der Waals surface area contributed by atoms with Crippen molar-refractivity contribution in [1.29, 1.82) is 0 Å². The standard InChI is InChI=1S/C18H19NO5/c1-24-16-9-14-12(8-15(16)21)6-7-19-18(14,17(22)23)10-11-2-4-13(20)5-3-11/h2-5,8-9,19-21H,6-7,10H2,1H3,(H,22,23)/t18-/m1/s1. The van der Waals surface area contributed by atoms with E-state index in [1.165, 1.54) is 19.2 Å². The maximum Gasteiger partial charge on any atom is 0.166 e. The molecule has 2 aromatic carbocycles. The summed E-state index contributed by atoms with van der Waals surface area (Å²) in [5.41, 5.74) is 0.828. The van der Waals surface area contributed by atoms with Gasteiger partial charge in [0.15, 0.2) is 17.0 Å². The fourth-order valence-corrected chi connectivity index (χ4v) is 3.35. The monoisotopic (exact) mass is 329 g/mol. The number of benzene rings is 2. The highest BCUT2D eigenvalue weighted by Crippen LogP contribution is 2.36. The lowest BCUT2D eigenvalue weighted by Crippen LogP contribution is -3.00. The Labute approximate surface area is 139 Å². The van der Waals surface area contributed by atoms with Gasteiger partial charge in [-0.15, -0.1) is 0 Å². The zero-order chi connectivity index (χ0) is 17.3. The van der Waals surface area contributed by atoms with Crippen molar-refractivity contribution in [3.8, 4) is 17.2 Å². The minimum atomic E-state index is -1.30. The van der Waals surface area contributed by atoms with Gasteiger partial charge in [0, 0.05) is 18.4 Å². The molecule has 1 aliphatic rings. The molecule has 6 heteroatoms. The average Bonchev–Trinajstić information content (AvgIpc) is 2.56. The summed E-state index contributed by atoms with van der Waals surface area (Å²) in [5, 5.41) is 33.2. The van der Waals surface area contributed by atoms with Gasteiger partial charge < -0.3 is 30.2 Å². The molecule has 0 radical (unpaired) electrons. The molecule has 2 aromatic rings. The zero-order valence-electron chi connectivity index (χ0n) is 13.3. The molecule has 0 unspecified atom stereocenters. The highest BCUT2D eigenvalue weighted by atomic mass is 16.5. The predicted octanol–water partition coefficient (Wildman–Crippen LogP) is -0.586. The van der Waals surface area contributed by atoms with E-state index < -0.39 is 11.5 Å². The smallest absolute Gasteiger partial charge is 0.166 e. The molecule has 1 atom stereocenters. The summed E-state index contributed by atoms with van der Waals surface area (Å²) in [5.74, 6) is -0.833. The van der Waals surface area contributed by atoms with E-state index in [-0.39, 0.29) is 23.7 Å². The molecule has 0 aromatic heterocycles. The van der Waals surface area contributed by atoms with Crippen LogP contribution in [0, 0.1) is 0 Å². The molecule has 126 valence electrons. The van der Waals surface area contributed by atoms with Gasteiger partial charge in [0.2, 0.25) is 0 Å². The SMILES string of the molecule is COc1cc2c(cc1O)CC[NH2+][C@@]2(Cc1ccc(O)cc1)C(=O)[O-]. The molecule has 4 N–H and O–H groups in total. The normalized spacial score (nSPS) is 19.5. The number of phenolic OH excluding ortho intramolecular Hbond substituents is 2. The third kappa shape index (κ3) is 2.65. The topological polar surface area (TPSA) is 106 Å². The summed E-state index contributed by atoms with van der Waals surface area (Å²) < 4.78 is 5.14. The van der Waals surface area contributed by atoms with Crippen molar-refractivity contribution >= 4 is 5.97 Å². The molecular weight excluding hydrogens is 310 g/mol. The molecule has 3 rings (SSSR count). The molecule has 6 nitrogen and oxygen atoms in total. The molecular formula is C18H19NO5. The molecule has 0 aliphatic carbocycles. The zero-order valence-corrected chi connectivity index (χ0v) is 13.3. The number of ether oxygens (including phenoxy) is 1. The largest absolute Gasteiger partial charge is 0.543 e. The van der Waals surface area contributed by atoms with Crippen LogP contribution in [0.3, 0.4) is 0 Å². The van der Waals surface area contributed by atoms with Gasteiger partial charge in [-0.2, -0.15) is 0 Å². The Morgan fingerprint density at radius 3 is 2.62 bits per heavy atom. The third-order valence-corrected chi connectivity index (χ3v) is 4.58. The van der Waals surface area contributed by atoms with Gasteiger partial charge in [0.25, 0.3) is 0 Å². The van der Waals surface area contributed by atoms with E-state index in [1.807, 2.05) is 0 Å². The number of carbonyl (C=O) groups excluding carboxylic acids is 1. The van der Waals surface area contributed by atoms with Crippen LogP contribution in [0.15, 0.2) is 36.4 Å². The first-order chi connectivity index (χ1) is 11.5. The Morgan fingerprint density at radius 2 is 2.00 bits per heavy atom. The average molecular weight is 329 g/mol. The van der Waals surface area contributed by atoms with Crippen LogP contribution >= 0.6 is 0 Å². The van der Waals surface area contributed by atoms with E-state index in [2.05, 4.69) is 0 Å². The lowest BCUT2D eigenvalue weighted by molar-refractivity contribution is -0.731. The Hall–Kier alpha value is -2.73. The van der Waals surface area contributed by atoms with Crippen LogP contribution < -0.4 is 15.2 Å². The molecule has 1 heterocycles. The second-order valence-corrected chi connectivity index (χ2v) is 6.03. The number of aromatic hydroxyl groups is 2. The molecule has 0 bridgehead atoms. The summed E-state index contributed by atoms with van der Waals surface area (Å²) in [4.78, 5) is 12.1. The van der Waals surface area contributed by atoms with Crippen molar-refractivity contribution in [3.05, 3.63) is 53.1 Å². The quantitative estimate of drug-likeness (QED) is 0.695. The molecule has 0 saturated carbocycles. The number of quaternary nitrogens is 1. The van der Waals surface area contributed by atoms with Crippen molar-refractivity contribution in [2.24, 2.45) is 0 Å². The molecule has 0 fully saturated rings. The van der Waals surface area contributed by atoms with Crippen molar-refractivity contribution < 1.29 is 30.2 Å². The van der Waals surface area contributed by atoms with Crippen LogP contribution in [0.5, 0.6) is 17.2 Å². The predicted molar refractivity (Wildman–Crippen MR) is 83.7 cm³/mol. The summed E-state index contributed by atoms with van der Waals surface area (Å²) in [6.07, 6.45) is 0.855. The number of nitrogens with two attached hydrogens (primary N) is 1. The van der Waals surface area contributed by atoms with Gasteiger partial charge in [0.05, 0.1) is 13.7 Å². The van der Waals surface area contributed by atoms with Gasteiger partial charge in [-0.05, 0) is 35.4 Å². The Morgan fingerprint density at radius 1 is 1.29 bits per heavy atom. The second-order valence-electron chi connectivity index (χ2n) is 6.03. The van der Waals surface area contributed by atoms with E-state index in [1.54, 1.807) is 29.6 Å².